The minimum absolute atomic E-state index is 0.0448. The molecular weight excluding hydrogens is 268 g/mol. The second-order valence-electron chi connectivity index (χ2n) is 5.38. The van der Waals surface area contributed by atoms with Gasteiger partial charge in [-0.05, 0) is 44.9 Å². The fourth-order valence-corrected chi connectivity index (χ4v) is 2.50. The Bertz CT molecular complexity index is 618. The lowest BCUT2D eigenvalue weighted by Crippen LogP contribution is -2.54. The molecule has 1 unspecified atom stereocenters. The Labute approximate surface area is 122 Å². The first-order valence-corrected chi connectivity index (χ1v) is 7.05. The van der Waals surface area contributed by atoms with Gasteiger partial charge >= 0.3 is 0 Å². The number of anilines is 1. The van der Waals surface area contributed by atoms with Gasteiger partial charge in [0.2, 0.25) is 5.91 Å². The molecule has 0 saturated carbocycles. The summed E-state index contributed by atoms with van der Waals surface area (Å²) in [6, 6.07) is 3.60. The number of nitrogens with zero attached hydrogens (tertiary/aromatic N) is 4. The van der Waals surface area contributed by atoms with Gasteiger partial charge in [-0.1, -0.05) is 0 Å². The lowest BCUT2D eigenvalue weighted by atomic mass is 9.90. The minimum atomic E-state index is -0.534. The molecule has 1 amide bonds. The summed E-state index contributed by atoms with van der Waals surface area (Å²) in [7, 11) is 0. The molecule has 0 aliphatic carbocycles. The van der Waals surface area contributed by atoms with Crippen molar-refractivity contribution < 1.29 is 4.79 Å². The van der Waals surface area contributed by atoms with Crippen molar-refractivity contribution in [2.24, 2.45) is 0 Å². The maximum Gasteiger partial charge on any atom is 0.244 e. The van der Waals surface area contributed by atoms with Gasteiger partial charge in [-0.25, -0.2) is 14.6 Å². The van der Waals surface area contributed by atoms with Crippen LogP contribution in [0.5, 0.6) is 0 Å². The quantitative estimate of drug-likeness (QED) is 0.883. The summed E-state index contributed by atoms with van der Waals surface area (Å²) < 4.78 is 1.53. The van der Waals surface area contributed by atoms with Crippen molar-refractivity contribution in [2.75, 3.05) is 11.9 Å². The Morgan fingerprint density at radius 2 is 2.38 bits per heavy atom. The molecular formula is C14H18N6O. The van der Waals surface area contributed by atoms with Gasteiger partial charge in [0.1, 0.15) is 12.7 Å². The van der Waals surface area contributed by atoms with Crippen LogP contribution in [0.1, 0.15) is 26.2 Å². The van der Waals surface area contributed by atoms with E-state index >= 15 is 0 Å². The Morgan fingerprint density at radius 1 is 1.48 bits per heavy atom. The van der Waals surface area contributed by atoms with Crippen molar-refractivity contribution in [3.63, 3.8) is 0 Å². The van der Waals surface area contributed by atoms with Crippen LogP contribution in [0.4, 0.5) is 5.69 Å². The smallest absolute Gasteiger partial charge is 0.244 e. The molecule has 2 aromatic heterocycles. The van der Waals surface area contributed by atoms with Crippen molar-refractivity contribution in [1.82, 2.24) is 25.1 Å². The average Bonchev–Trinajstić information content (AvgIpc) is 3.02. The molecule has 7 nitrogen and oxygen atoms in total. The molecule has 1 aliphatic rings. The van der Waals surface area contributed by atoms with Gasteiger partial charge < -0.3 is 10.6 Å². The second-order valence-corrected chi connectivity index (χ2v) is 5.38. The van der Waals surface area contributed by atoms with Gasteiger partial charge in [-0.3, -0.25) is 4.79 Å². The largest absolute Gasteiger partial charge is 0.321 e. The van der Waals surface area contributed by atoms with Crippen LogP contribution in [0.25, 0.3) is 5.82 Å². The van der Waals surface area contributed by atoms with Gasteiger partial charge in [-0.15, -0.1) is 0 Å². The molecule has 3 heterocycles. The number of piperidine rings is 1. The molecule has 1 fully saturated rings. The highest BCUT2D eigenvalue weighted by molar-refractivity contribution is 5.99. The topological polar surface area (TPSA) is 84.7 Å². The molecule has 0 aromatic carbocycles. The maximum absolute atomic E-state index is 12.6. The van der Waals surface area contributed by atoms with Crippen LogP contribution in [0, 0.1) is 0 Å². The molecule has 21 heavy (non-hydrogen) atoms. The summed E-state index contributed by atoms with van der Waals surface area (Å²) in [5, 5.41) is 10.3. The van der Waals surface area contributed by atoms with E-state index in [4.69, 9.17) is 0 Å². The van der Waals surface area contributed by atoms with E-state index in [0.29, 0.717) is 11.5 Å². The molecule has 0 bridgehead atoms. The molecule has 110 valence electrons. The molecule has 2 N–H and O–H groups in total. The molecule has 1 aliphatic heterocycles. The minimum Gasteiger partial charge on any atom is -0.321 e. The molecule has 7 heteroatoms. The first-order valence-electron chi connectivity index (χ1n) is 7.05. The zero-order valence-corrected chi connectivity index (χ0v) is 11.9. The summed E-state index contributed by atoms with van der Waals surface area (Å²) in [6.45, 7) is 2.81. The second kappa shape index (κ2) is 5.61. The SMILES string of the molecule is CC1(C(=O)Nc2cccnc2-n2cncn2)CCCCN1. The summed E-state index contributed by atoms with van der Waals surface area (Å²) >= 11 is 0. The molecule has 1 saturated heterocycles. The van der Waals surface area contributed by atoms with E-state index in [1.54, 1.807) is 18.6 Å². The summed E-state index contributed by atoms with van der Waals surface area (Å²) in [4.78, 5) is 20.7. The van der Waals surface area contributed by atoms with Crippen LogP contribution < -0.4 is 10.6 Å². The molecule has 1 atom stereocenters. The Hall–Kier alpha value is -2.28. The molecule has 0 spiro atoms. The van der Waals surface area contributed by atoms with Crippen LogP contribution in [0.2, 0.25) is 0 Å². The van der Waals surface area contributed by atoms with Crippen LogP contribution >= 0.6 is 0 Å². The third kappa shape index (κ3) is 2.78. The summed E-state index contributed by atoms with van der Waals surface area (Å²) in [5.41, 5.74) is 0.0925. The highest BCUT2D eigenvalue weighted by Crippen LogP contribution is 2.22. The van der Waals surface area contributed by atoms with Gasteiger partial charge in [0.05, 0.1) is 11.2 Å². The third-order valence-electron chi connectivity index (χ3n) is 3.79. The number of rotatable bonds is 3. The first-order chi connectivity index (χ1) is 10.2. The monoisotopic (exact) mass is 286 g/mol. The Kier molecular flexibility index (Phi) is 3.66. The molecule has 2 aromatic rings. The number of pyridine rings is 1. The van der Waals surface area contributed by atoms with Gasteiger partial charge in [-0.2, -0.15) is 5.10 Å². The van der Waals surface area contributed by atoms with E-state index in [1.165, 1.54) is 11.0 Å². The Morgan fingerprint density at radius 3 is 3.10 bits per heavy atom. The van der Waals surface area contributed by atoms with E-state index in [-0.39, 0.29) is 5.91 Å². The number of carbonyl (C=O) groups is 1. The Balaban J connectivity index is 1.83. The number of amides is 1. The van der Waals surface area contributed by atoms with Crippen LogP contribution in [0.3, 0.4) is 0 Å². The zero-order chi connectivity index (χ0) is 14.7. The fraction of sp³-hybridized carbons (Fsp3) is 0.429. The summed E-state index contributed by atoms with van der Waals surface area (Å²) in [6.07, 6.45) is 7.65. The number of nitrogens with one attached hydrogen (secondary N) is 2. The zero-order valence-electron chi connectivity index (χ0n) is 11.9. The first kappa shape index (κ1) is 13.7. The number of hydrogen-bond donors (Lipinski definition) is 2. The van der Waals surface area contributed by atoms with E-state index in [9.17, 15) is 4.79 Å². The van der Waals surface area contributed by atoms with Crippen LogP contribution in [0.15, 0.2) is 31.0 Å². The van der Waals surface area contributed by atoms with Crippen molar-refractivity contribution >= 4 is 11.6 Å². The van der Waals surface area contributed by atoms with Crippen molar-refractivity contribution in [1.29, 1.82) is 0 Å². The number of aromatic nitrogens is 4. The average molecular weight is 286 g/mol. The van der Waals surface area contributed by atoms with Gasteiger partial charge in [0.15, 0.2) is 5.82 Å². The maximum atomic E-state index is 12.6. The summed E-state index contributed by atoms with van der Waals surface area (Å²) in [5.74, 6) is 0.513. The molecule has 0 radical (unpaired) electrons. The highest BCUT2D eigenvalue weighted by atomic mass is 16.2. The number of hydrogen-bond acceptors (Lipinski definition) is 5. The van der Waals surface area contributed by atoms with E-state index < -0.39 is 5.54 Å². The molecule has 3 rings (SSSR count). The van der Waals surface area contributed by atoms with Crippen LogP contribution in [-0.2, 0) is 4.79 Å². The third-order valence-corrected chi connectivity index (χ3v) is 3.79. The van der Waals surface area contributed by atoms with E-state index in [0.717, 1.165) is 25.8 Å². The predicted molar refractivity (Wildman–Crippen MR) is 78.0 cm³/mol. The van der Waals surface area contributed by atoms with Gasteiger partial charge in [0.25, 0.3) is 0 Å². The lowest BCUT2D eigenvalue weighted by Gasteiger charge is -2.33. The number of carbonyl (C=O) groups excluding carboxylic acids is 1. The van der Waals surface area contributed by atoms with E-state index in [2.05, 4.69) is 25.7 Å². The normalized spacial score (nSPS) is 22.0. The standard InChI is InChI=1S/C14H18N6O/c1-14(6-2-3-8-17-14)13(21)19-11-5-4-7-16-12(11)20-10-15-9-18-20/h4-5,7,9-10,17H,2-3,6,8H2,1H3,(H,19,21). The lowest BCUT2D eigenvalue weighted by molar-refractivity contribution is -0.122. The fourth-order valence-electron chi connectivity index (χ4n) is 2.50. The predicted octanol–water partition coefficient (Wildman–Crippen LogP) is 1.13. The van der Waals surface area contributed by atoms with Gasteiger partial charge in [0, 0.05) is 6.20 Å². The van der Waals surface area contributed by atoms with E-state index in [1.807, 2.05) is 13.0 Å². The highest BCUT2D eigenvalue weighted by Gasteiger charge is 2.34. The van der Waals surface area contributed by atoms with Crippen LogP contribution in [-0.4, -0.2) is 37.7 Å². The van der Waals surface area contributed by atoms with Crippen molar-refractivity contribution in [3.05, 3.63) is 31.0 Å². The van der Waals surface area contributed by atoms with Crippen molar-refractivity contribution in [2.45, 2.75) is 31.7 Å². The van der Waals surface area contributed by atoms with Crippen molar-refractivity contribution in [3.8, 4) is 5.82 Å².